The molecule has 0 aromatic carbocycles. The van der Waals surface area contributed by atoms with Crippen molar-refractivity contribution < 1.29 is 58.3 Å². The standard InChI is InChI=1S/C25H47O12P/c1-4-5-6-7-8-9-10-11-12-13-14-34-17-20(28)25(15-19(27)16-26)22(35-18-24(2,3)30)21(23(29)36-25)37-38(31,32)33/h19-20,26-28,30H,4-18H2,1-3H3,(H2,31,32,33)/t19?,20-,25+/m0/s1. The number of aliphatic hydroxyl groups excluding tert-OH is 3. The second-order valence-corrected chi connectivity index (χ2v) is 11.6. The molecule has 1 rings (SSSR count). The fourth-order valence-electron chi connectivity index (χ4n) is 4.10. The summed E-state index contributed by atoms with van der Waals surface area (Å²) in [5.74, 6) is -2.96. The van der Waals surface area contributed by atoms with Crippen molar-refractivity contribution in [2.75, 3.05) is 26.4 Å². The van der Waals surface area contributed by atoms with Crippen LogP contribution in [0.15, 0.2) is 11.5 Å². The predicted molar refractivity (Wildman–Crippen MR) is 138 cm³/mol. The summed E-state index contributed by atoms with van der Waals surface area (Å²) in [5, 5.41) is 40.6. The molecule has 1 heterocycles. The summed E-state index contributed by atoms with van der Waals surface area (Å²) in [6.07, 6.45) is 7.62. The van der Waals surface area contributed by atoms with Crippen LogP contribution in [0.2, 0.25) is 0 Å². The highest BCUT2D eigenvalue weighted by atomic mass is 31.2. The normalized spacial score (nSPS) is 20.0. The molecule has 0 saturated carbocycles. The third-order valence-corrected chi connectivity index (χ3v) is 6.46. The monoisotopic (exact) mass is 570 g/mol. The predicted octanol–water partition coefficient (Wildman–Crippen LogP) is 2.43. The number of hydrogen-bond donors (Lipinski definition) is 6. The summed E-state index contributed by atoms with van der Waals surface area (Å²) >= 11 is 0. The van der Waals surface area contributed by atoms with Gasteiger partial charge in [-0.25, -0.2) is 9.36 Å². The van der Waals surface area contributed by atoms with E-state index in [1.807, 2.05) is 0 Å². The molecule has 0 radical (unpaired) electrons. The minimum absolute atomic E-state index is 0.301. The number of hydrogen-bond acceptors (Lipinski definition) is 10. The van der Waals surface area contributed by atoms with Crippen molar-refractivity contribution in [3.8, 4) is 0 Å². The number of unbranched alkanes of at least 4 members (excludes halogenated alkanes) is 9. The molecule has 3 atom stereocenters. The highest BCUT2D eigenvalue weighted by Crippen LogP contribution is 2.47. The number of carbonyl (C=O) groups is 1. The topological polar surface area (TPSA) is 192 Å². The number of cyclic esters (lactones) is 1. The van der Waals surface area contributed by atoms with Crippen molar-refractivity contribution in [1.29, 1.82) is 0 Å². The van der Waals surface area contributed by atoms with E-state index in [1.54, 1.807) is 0 Å². The van der Waals surface area contributed by atoms with E-state index in [4.69, 9.17) is 14.2 Å². The lowest BCUT2D eigenvalue weighted by atomic mass is 9.88. The molecule has 6 N–H and O–H groups in total. The van der Waals surface area contributed by atoms with Crippen molar-refractivity contribution in [3.05, 3.63) is 11.5 Å². The number of phosphoric ester groups is 1. The Labute approximate surface area is 225 Å². The van der Waals surface area contributed by atoms with E-state index >= 15 is 0 Å². The largest absolute Gasteiger partial charge is 0.525 e. The molecule has 1 aliphatic rings. The number of rotatable bonds is 22. The van der Waals surface area contributed by atoms with Gasteiger partial charge in [0.1, 0.15) is 12.7 Å². The molecule has 0 aliphatic carbocycles. The van der Waals surface area contributed by atoms with Crippen LogP contribution in [0.1, 0.15) is 91.4 Å². The lowest BCUT2D eigenvalue weighted by Crippen LogP contribution is -2.51. The number of aliphatic hydroxyl groups is 4. The minimum Gasteiger partial charge on any atom is -0.487 e. The zero-order chi connectivity index (χ0) is 28.8. The fraction of sp³-hybridized carbons (Fsp3) is 0.880. The Hall–Kier alpha value is -1.24. The maximum absolute atomic E-state index is 12.6. The number of carbonyl (C=O) groups excluding carboxylic acids is 1. The van der Waals surface area contributed by atoms with Gasteiger partial charge in [0.05, 0.1) is 24.9 Å². The first-order valence-electron chi connectivity index (χ1n) is 13.4. The summed E-state index contributed by atoms with van der Waals surface area (Å²) in [6, 6.07) is 0. The average Bonchev–Trinajstić information content (AvgIpc) is 3.07. The van der Waals surface area contributed by atoms with Gasteiger partial charge in [-0.05, 0) is 20.3 Å². The Morgan fingerprint density at radius 2 is 1.55 bits per heavy atom. The second-order valence-electron chi connectivity index (χ2n) is 10.4. The van der Waals surface area contributed by atoms with Gasteiger partial charge in [0.2, 0.25) is 5.60 Å². The van der Waals surface area contributed by atoms with Gasteiger partial charge >= 0.3 is 13.8 Å². The maximum atomic E-state index is 12.6. The quantitative estimate of drug-likeness (QED) is 0.0634. The molecular formula is C25H47O12P. The highest BCUT2D eigenvalue weighted by molar-refractivity contribution is 7.46. The van der Waals surface area contributed by atoms with Gasteiger partial charge in [0.25, 0.3) is 5.76 Å². The first kappa shape index (κ1) is 34.8. The van der Waals surface area contributed by atoms with Gasteiger partial charge in [0.15, 0.2) is 5.76 Å². The van der Waals surface area contributed by atoms with Gasteiger partial charge in [0, 0.05) is 13.0 Å². The second kappa shape index (κ2) is 16.8. The van der Waals surface area contributed by atoms with Gasteiger partial charge in [-0.1, -0.05) is 64.7 Å². The first-order valence-corrected chi connectivity index (χ1v) is 14.9. The smallest absolute Gasteiger partial charge is 0.487 e. The van der Waals surface area contributed by atoms with Gasteiger partial charge in [-0.15, -0.1) is 0 Å². The Balaban J connectivity index is 2.83. The lowest BCUT2D eigenvalue weighted by molar-refractivity contribution is -0.174. The van der Waals surface area contributed by atoms with E-state index < -0.39 is 68.4 Å². The van der Waals surface area contributed by atoms with Crippen LogP contribution in [0.25, 0.3) is 0 Å². The summed E-state index contributed by atoms with van der Waals surface area (Å²) in [5.41, 5.74) is -3.64. The molecule has 1 unspecified atom stereocenters. The molecule has 13 heteroatoms. The van der Waals surface area contributed by atoms with E-state index in [9.17, 15) is 39.6 Å². The Kier molecular flexibility index (Phi) is 15.4. The summed E-state index contributed by atoms with van der Waals surface area (Å²) in [4.78, 5) is 31.1. The third-order valence-electron chi connectivity index (χ3n) is 6.04. The van der Waals surface area contributed by atoms with Crippen molar-refractivity contribution in [2.24, 2.45) is 0 Å². The molecule has 0 spiro atoms. The summed E-state index contributed by atoms with van der Waals surface area (Å²) in [7, 11) is -5.26. The Morgan fingerprint density at radius 3 is 2.05 bits per heavy atom. The molecule has 0 fully saturated rings. The van der Waals surface area contributed by atoms with E-state index in [-0.39, 0.29) is 6.61 Å². The van der Waals surface area contributed by atoms with Crippen molar-refractivity contribution in [1.82, 2.24) is 0 Å². The zero-order valence-electron chi connectivity index (χ0n) is 22.8. The van der Waals surface area contributed by atoms with Crippen LogP contribution in [0.3, 0.4) is 0 Å². The minimum atomic E-state index is -5.26. The molecule has 0 amide bonds. The van der Waals surface area contributed by atoms with Crippen LogP contribution in [0.5, 0.6) is 0 Å². The molecule has 0 aromatic rings. The molecule has 0 bridgehead atoms. The molecule has 38 heavy (non-hydrogen) atoms. The highest BCUT2D eigenvalue weighted by Gasteiger charge is 2.58. The van der Waals surface area contributed by atoms with Crippen LogP contribution in [-0.4, -0.2) is 86.0 Å². The molecule has 0 aromatic heterocycles. The van der Waals surface area contributed by atoms with Gasteiger partial charge < -0.3 is 39.2 Å². The molecular weight excluding hydrogens is 523 g/mol. The maximum Gasteiger partial charge on any atom is 0.525 e. The third kappa shape index (κ3) is 12.7. The van der Waals surface area contributed by atoms with Crippen LogP contribution in [0, 0.1) is 0 Å². The van der Waals surface area contributed by atoms with E-state index in [0.29, 0.717) is 6.61 Å². The van der Waals surface area contributed by atoms with Crippen LogP contribution in [0.4, 0.5) is 0 Å². The van der Waals surface area contributed by atoms with E-state index in [2.05, 4.69) is 11.4 Å². The van der Waals surface area contributed by atoms with Gasteiger partial charge in [-0.2, -0.15) is 0 Å². The van der Waals surface area contributed by atoms with Crippen molar-refractivity contribution in [2.45, 2.75) is 115 Å². The zero-order valence-corrected chi connectivity index (χ0v) is 23.7. The van der Waals surface area contributed by atoms with E-state index in [0.717, 1.165) is 25.7 Å². The summed E-state index contributed by atoms with van der Waals surface area (Å²) < 4.78 is 32.3. The number of ether oxygens (including phenoxy) is 3. The fourth-order valence-corrected chi connectivity index (χ4v) is 4.50. The summed E-state index contributed by atoms with van der Waals surface area (Å²) in [6.45, 7) is 3.64. The van der Waals surface area contributed by atoms with Crippen LogP contribution in [-0.2, 0) is 28.1 Å². The first-order chi connectivity index (χ1) is 17.8. The van der Waals surface area contributed by atoms with Crippen LogP contribution < -0.4 is 0 Å². The molecule has 12 nitrogen and oxygen atoms in total. The van der Waals surface area contributed by atoms with Crippen LogP contribution >= 0.6 is 7.82 Å². The van der Waals surface area contributed by atoms with E-state index in [1.165, 1.54) is 52.4 Å². The molecule has 224 valence electrons. The number of phosphoric acid groups is 1. The SMILES string of the molecule is CCCCCCCCCCCCOC[C@H](O)[C@@]1(CC(O)CO)OC(=O)C(OP(=O)(O)O)=C1OCC(C)(C)O. The Bertz CT molecular complexity index is 775. The Morgan fingerprint density at radius 1 is 1.00 bits per heavy atom. The molecule has 1 aliphatic heterocycles. The lowest BCUT2D eigenvalue weighted by Gasteiger charge is -2.36. The van der Waals surface area contributed by atoms with Gasteiger partial charge in [-0.3, -0.25) is 9.79 Å². The average molecular weight is 571 g/mol. The van der Waals surface area contributed by atoms with Crippen molar-refractivity contribution >= 4 is 13.8 Å². The molecule has 0 saturated heterocycles. The van der Waals surface area contributed by atoms with Crippen molar-refractivity contribution in [3.63, 3.8) is 0 Å². The number of esters is 1.